The van der Waals surface area contributed by atoms with Crippen LogP contribution in [0.5, 0.6) is 0 Å². The van der Waals surface area contributed by atoms with E-state index in [1.54, 1.807) is 0 Å². The van der Waals surface area contributed by atoms with E-state index in [4.69, 9.17) is 8.85 Å². The van der Waals surface area contributed by atoms with E-state index in [1.807, 2.05) is 0 Å². The van der Waals surface area contributed by atoms with E-state index in [2.05, 4.69) is 52.0 Å². The van der Waals surface area contributed by atoms with Crippen molar-refractivity contribution in [1.29, 1.82) is 0 Å². The van der Waals surface area contributed by atoms with Crippen molar-refractivity contribution in [3.05, 3.63) is 24.3 Å². The lowest BCUT2D eigenvalue weighted by atomic mass is 9.94. The van der Waals surface area contributed by atoms with Gasteiger partial charge in [0.05, 0.1) is 12.2 Å². The fourth-order valence-corrected chi connectivity index (χ4v) is 5.59. The summed E-state index contributed by atoms with van der Waals surface area (Å²) in [4.78, 5) is 0. The van der Waals surface area contributed by atoms with Crippen LogP contribution in [-0.4, -0.2) is 21.4 Å². The van der Waals surface area contributed by atoms with E-state index >= 15 is 0 Å². The number of hydrogen-bond acceptors (Lipinski definition) is 3. The van der Waals surface area contributed by atoms with Gasteiger partial charge in [0, 0.05) is 0 Å². The molecular formula is C32H62O3Si. The maximum atomic E-state index is 12.5. The summed E-state index contributed by atoms with van der Waals surface area (Å²) in [5.74, 6) is 0. The second-order valence-corrected chi connectivity index (χ2v) is 11.8. The van der Waals surface area contributed by atoms with Crippen LogP contribution in [0.1, 0.15) is 169 Å². The first-order valence-corrected chi connectivity index (χ1v) is 17.0. The van der Waals surface area contributed by atoms with Crippen molar-refractivity contribution in [3.8, 4) is 0 Å². The molecule has 0 heterocycles. The third-order valence-corrected chi connectivity index (χ3v) is 8.13. The summed E-state index contributed by atoms with van der Waals surface area (Å²) >= 11 is 0. The Balaban J connectivity index is 3.75. The molecule has 0 saturated carbocycles. The standard InChI is InChI=1S/C32H62O3Si/c1-5-8-11-14-15-16-17-18-19-20-21-22-23-24-25-28-31-34-36(33)35-32(4,29-26-12-9-6-2)30-27-13-10-7-3/h9-10,12-13H,5-8,11,14-31H2,1-4H3/b12-9-,13-10-. The molecule has 0 unspecified atom stereocenters. The number of allylic oxidation sites excluding steroid dienone is 4. The first kappa shape index (κ1) is 35.1. The molecule has 0 aromatic rings. The Bertz CT molecular complexity index is 511. The molecule has 0 aromatic heterocycles. The Kier molecular flexibility index (Phi) is 26.5. The van der Waals surface area contributed by atoms with E-state index < -0.39 is 9.17 Å². The highest BCUT2D eigenvalue weighted by Crippen LogP contribution is 2.25. The van der Waals surface area contributed by atoms with Crippen LogP contribution in [0.3, 0.4) is 0 Å². The van der Waals surface area contributed by atoms with Gasteiger partial charge >= 0.3 is 9.17 Å². The molecule has 0 spiro atoms. The molecule has 4 heteroatoms. The van der Waals surface area contributed by atoms with Crippen LogP contribution in [0.2, 0.25) is 0 Å². The van der Waals surface area contributed by atoms with Crippen molar-refractivity contribution in [1.82, 2.24) is 0 Å². The van der Waals surface area contributed by atoms with Crippen LogP contribution in [0.15, 0.2) is 24.3 Å². The normalized spacial score (nSPS) is 12.1. The van der Waals surface area contributed by atoms with E-state index in [1.165, 1.54) is 89.9 Å². The third kappa shape index (κ3) is 24.8. The van der Waals surface area contributed by atoms with Crippen molar-refractivity contribution in [2.45, 2.75) is 175 Å². The van der Waals surface area contributed by atoms with Crippen LogP contribution in [0, 0.1) is 0 Å². The maximum absolute atomic E-state index is 12.5. The summed E-state index contributed by atoms with van der Waals surface area (Å²) in [6.45, 7) is 9.22. The third-order valence-electron chi connectivity index (χ3n) is 7.03. The maximum Gasteiger partial charge on any atom is 0.767 e. The van der Waals surface area contributed by atoms with Crippen molar-refractivity contribution in [2.75, 3.05) is 6.61 Å². The van der Waals surface area contributed by atoms with Gasteiger partial charge in [-0.15, -0.1) is 0 Å². The molecule has 0 saturated heterocycles. The summed E-state index contributed by atoms with van der Waals surface area (Å²) in [7, 11) is -2.45. The first-order valence-electron chi connectivity index (χ1n) is 15.7. The van der Waals surface area contributed by atoms with Gasteiger partial charge in [0.25, 0.3) is 0 Å². The lowest BCUT2D eigenvalue weighted by molar-refractivity contribution is 0.0257. The van der Waals surface area contributed by atoms with Gasteiger partial charge in [-0.1, -0.05) is 141 Å². The molecule has 3 nitrogen and oxygen atoms in total. The van der Waals surface area contributed by atoms with Gasteiger partial charge in [0.2, 0.25) is 0 Å². The minimum Gasteiger partial charge on any atom is -0.496 e. The highest BCUT2D eigenvalue weighted by Gasteiger charge is 2.29. The molecule has 0 aliphatic rings. The first-order chi connectivity index (χ1) is 17.6. The predicted octanol–water partition coefficient (Wildman–Crippen LogP) is 10.9. The van der Waals surface area contributed by atoms with Gasteiger partial charge in [0.15, 0.2) is 0 Å². The average Bonchev–Trinajstić information content (AvgIpc) is 2.86. The highest BCUT2D eigenvalue weighted by molar-refractivity contribution is 6.26. The Morgan fingerprint density at radius 3 is 1.36 bits per heavy atom. The van der Waals surface area contributed by atoms with Crippen LogP contribution in [-0.2, 0) is 13.3 Å². The van der Waals surface area contributed by atoms with Crippen molar-refractivity contribution in [2.24, 2.45) is 0 Å². The fourth-order valence-electron chi connectivity index (χ4n) is 4.61. The largest absolute Gasteiger partial charge is 0.767 e. The Labute approximate surface area is 227 Å². The van der Waals surface area contributed by atoms with Gasteiger partial charge in [-0.25, -0.2) is 0 Å². The molecular weight excluding hydrogens is 460 g/mol. The second kappa shape index (κ2) is 27.1. The summed E-state index contributed by atoms with van der Waals surface area (Å²) in [6.07, 6.45) is 36.2. The zero-order valence-electron chi connectivity index (χ0n) is 24.8. The van der Waals surface area contributed by atoms with Gasteiger partial charge in [-0.2, -0.15) is 0 Å². The van der Waals surface area contributed by atoms with Crippen LogP contribution < -0.4 is 0 Å². The molecule has 0 aliphatic heterocycles. The summed E-state index contributed by atoms with van der Waals surface area (Å²) in [5, 5.41) is 0. The Hall–Kier alpha value is -0.903. The molecule has 0 fully saturated rings. The van der Waals surface area contributed by atoms with Crippen molar-refractivity contribution < 1.29 is 13.3 Å². The molecule has 0 atom stereocenters. The smallest absolute Gasteiger partial charge is 0.496 e. The molecule has 0 aliphatic carbocycles. The number of rotatable bonds is 28. The van der Waals surface area contributed by atoms with E-state index in [0.29, 0.717) is 6.61 Å². The zero-order chi connectivity index (χ0) is 26.6. The summed E-state index contributed by atoms with van der Waals surface area (Å²) in [6, 6.07) is 0. The molecule has 0 rings (SSSR count). The molecule has 36 heavy (non-hydrogen) atoms. The summed E-state index contributed by atoms with van der Waals surface area (Å²) < 4.78 is 24.1. The van der Waals surface area contributed by atoms with E-state index in [9.17, 15) is 4.46 Å². The summed E-state index contributed by atoms with van der Waals surface area (Å²) in [5.41, 5.74) is -0.388. The Morgan fingerprint density at radius 1 is 0.583 bits per heavy atom. The number of unbranched alkanes of at least 4 members (excludes halogenated alkanes) is 15. The molecule has 0 radical (unpaired) electrons. The van der Waals surface area contributed by atoms with Crippen LogP contribution in [0.4, 0.5) is 0 Å². The highest BCUT2D eigenvalue weighted by atomic mass is 28.3. The molecule has 0 bridgehead atoms. The van der Waals surface area contributed by atoms with Crippen LogP contribution >= 0.6 is 0 Å². The van der Waals surface area contributed by atoms with Gasteiger partial charge in [-0.05, 0) is 51.9 Å². The zero-order valence-corrected chi connectivity index (χ0v) is 25.8. The lowest BCUT2D eigenvalue weighted by Gasteiger charge is -2.29. The SMILES string of the molecule is CC/C=C\CCC(C)(CC/C=C\CC)O[Si](=O)OCCCCCCCCCCCCCCCCCC. The minimum atomic E-state index is -2.45. The lowest BCUT2D eigenvalue weighted by Crippen LogP contribution is -2.34. The average molecular weight is 523 g/mol. The predicted molar refractivity (Wildman–Crippen MR) is 159 cm³/mol. The Morgan fingerprint density at radius 2 is 0.972 bits per heavy atom. The van der Waals surface area contributed by atoms with Gasteiger partial charge in [0.1, 0.15) is 0 Å². The molecule has 0 aromatic carbocycles. The van der Waals surface area contributed by atoms with Crippen molar-refractivity contribution in [3.63, 3.8) is 0 Å². The van der Waals surface area contributed by atoms with E-state index in [0.717, 1.165) is 51.4 Å². The van der Waals surface area contributed by atoms with Gasteiger partial charge < -0.3 is 8.85 Å². The second-order valence-electron chi connectivity index (χ2n) is 10.8. The monoisotopic (exact) mass is 522 g/mol. The quantitative estimate of drug-likeness (QED) is 0.0582. The van der Waals surface area contributed by atoms with Crippen molar-refractivity contribution >= 4 is 9.17 Å². The van der Waals surface area contributed by atoms with E-state index in [-0.39, 0.29) is 5.60 Å². The molecule has 212 valence electrons. The topological polar surface area (TPSA) is 35.5 Å². The fraction of sp³-hybridized carbons (Fsp3) is 0.875. The molecule has 0 amide bonds. The minimum absolute atomic E-state index is 0.388. The molecule has 0 N–H and O–H groups in total. The van der Waals surface area contributed by atoms with Gasteiger partial charge in [-0.3, -0.25) is 4.46 Å². The van der Waals surface area contributed by atoms with Crippen LogP contribution in [0.25, 0.3) is 0 Å². The number of hydrogen-bond donors (Lipinski definition) is 0.